The van der Waals surface area contributed by atoms with E-state index in [0.29, 0.717) is 0 Å². The number of carbonyl (C=O) groups is 1. The van der Waals surface area contributed by atoms with Crippen LogP contribution in [0.1, 0.15) is 6.92 Å². The fourth-order valence-electron chi connectivity index (χ4n) is 1.17. The van der Waals surface area contributed by atoms with E-state index in [4.69, 9.17) is 11.6 Å². The Labute approximate surface area is 123 Å². The second kappa shape index (κ2) is 5.69. The Bertz CT molecular complexity index is 746. The number of amides is 1. The van der Waals surface area contributed by atoms with Crippen molar-refractivity contribution in [2.45, 2.75) is 11.3 Å². The standard InChI is InChI=1S/C9H8ClN5O3S2/c1-5(16)12-8-13-14-9(19-8)20(17,18)15-6-3-2-4-11-7(6)10/h2-4,15H,1H3,(H,12,13,16). The van der Waals surface area contributed by atoms with Crippen molar-refractivity contribution in [3.05, 3.63) is 23.5 Å². The maximum atomic E-state index is 12.1. The maximum Gasteiger partial charge on any atom is 0.291 e. The summed E-state index contributed by atoms with van der Waals surface area (Å²) < 4.78 is 26.1. The smallest absolute Gasteiger partial charge is 0.291 e. The lowest BCUT2D eigenvalue weighted by molar-refractivity contribution is -0.114. The van der Waals surface area contributed by atoms with Crippen molar-refractivity contribution >= 4 is 49.7 Å². The fourth-order valence-corrected chi connectivity index (χ4v) is 3.41. The number of nitrogens with one attached hydrogen (secondary N) is 2. The molecule has 106 valence electrons. The number of sulfonamides is 1. The third-order valence-electron chi connectivity index (χ3n) is 1.92. The van der Waals surface area contributed by atoms with Gasteiger partial charge in [-0.2, -0.15) is 8.42 Å². The van der Waals surface area contributed by atoms with Crippen LogP contribution in [0.25, 0.3) is 0 Å². The highest BCUT2D eigenvalue weighted by molar-refractivity contribution is 7.94. The van der Waals surface area contributed by atoms with E-state index in [9.17, 15) is 13.2 Å². The van der Waals surface area contributed by atoms with Crippen molar-refractivity contribution in [1.82, 2.24) is 15.2 Å². The number of carbonyl (C=O) groups excluding carboxylic acids is 1. The predicted octanol–water partition coefficient (Wildman–Crippen LogP) is 1.35. The van der Waals surface area contributed by atoms with Gasteiger partial charge in [-0.05, 0) is 12.1 Å². The molecule has 0 aliphatic heterocycles. The molecule has 0 bridgehead atoms. The first kappa shape index (κ1) is 14.6. The van der Waals surface area contributed by atoms with Crippen LogP contribution in [-0.2, 0) is 14.8 Å². The van der Waals surface area contributed by atoms with E-state index in [2.05, 4.69) is 25.2 Å². The molecule has 2 rings (SSSR count). The number of aromatic nitrogens is 3. The van der Waals surface area contributed by atoms with Gasteiger partial charge in [-0.25, -0.2) is 4.98 Å². The first-order chi connectivity index (χ1) is 9.38. The average molecular weight is 334 g/mol. The van der Waals surface area contributed by atoms with Crippen LogP contribution < -0.4 is 10.0 Å². The number of rotatable bonds is 4. The van der Waals surface area contributed by atoms with Crippen LogP contribution in [0.4, 0.5) is 10.8 Å². The Hall–Kier alpha value is -1.78. The zero-order valence-electron chi connectivity index (χ0n) is 9.99. The minimum Gasteiger partial charge on any atom is -0.301 e. The SMILES string of the molecule is CC(=O)Nc1nnc(S(=O)(=O)Nc2cccnc2Cl)s1. The van der Waals surface area contributed by atoms with Crippen LogP contribution in [0.3, 0.4) is 0 Å². The van der Waals surface area contributed by atoms with Gasteiger partial charge in [-0.1, -0.05) is 22.9 Å². The Morgan fingerprint density at radius 2 is 2.15 bits per heavy atom. The van der Waals surface area contributed by atoms with Gasteiger partial charge < -0.3 is 5.32 Å². The summed E-state index contributed by atoms with van der Waals surface area (Å²) >= 11 is 6.49. The van der Waals surface area contributed by atoms with Crippen molar-refractivity contribution in [2.24, 2.45) is 0 Å². The van der Waals surface area contributed by atoms with Gasteiger partial charge in [0.05, 0.1) is 5.69 Å². The number of hydrogen-bond acceptors (Lipinski definition) is 7. The van der Waals surface area contributed by atoms with E-state index in [1.54, 1.807) is 0 Å². The molecule has 0 aromatic carbocycles. The van der Waals surface area contributed by atoms with E-state index in [1.165, 1.54) is 25.3 Å². The van der Waals surface area contributed by atoms with Gasteiger partial charge in [0.1, 0.15) is 0 Å². The Morgan fingerprint density at radius 1 is 1.40 bits per heavy atom. The molecule has 11 heteroatoms. The van der Waals surface area contributed by atoms with Gasteiger partial charge in [-0.3, -0.25) is 9.52 Å². The monoisotopic (exact) mass is 333 g/mol. The van der Waals surface area contributed by atoms with E-state index in [0.717, 1.165) is 11.3 Å². The summed E-state index contributed by atoms with van der Waals surface area (Å²) in [6, 6.07) is 3.00. The van der Waals surface area contributed by atoms with Crippen molar-refractivity contribution < 1.29 is 13.2 Å². The van der Waals surface area contributed by atoms with Crippen LogP contribution >= 0.6 is 22.9 Å². The minimum atomic E-state index is -3.93. The van der Waals surface area contributed by atoms with E-state index in [-0.39, 0.29) is 26.2 Å². The zero-order chi connectivity index (χ0) is 14.8. The summed E-state index contributed by atoms with van der Waals surface area (Å²) in [5, 5.41) is 9.52. The van der Waals surface area contributed by atoms with Gasteiger partial charge in [0, 0.05) is 13.1 Å². The topological polar surface area (TPSA) is 114 Å². The molecule has 0 aliphatic carbocycles. The van der Waals surface area contributed by atoms with Crippen molar-refractivity contribution in [3.8, 4) is 0 Å². The molecule has 1 amide bonds. The Morgan fingerprint density at radius 3 is 2.80 bits per heavy atom. The van der Waals surface area contributed by atoms with Crippen molar-refractivity contribution in [3.63, 3.8) is 0 Å². The molecule has 8 nitrogen and oxygen atoms in total. The van der Waals surface area contributed by atoms with E-state index < -0.39 is 10.0 Å². The third-order valence-corrected chi connectivity index (χ3v) is 4.80. The van der Waals surface area contributed by atoms with Crippen LogP contribution in [0.2, 0.25) is 5.15 Å². The lowest BCUT2D eigenvalue weighted by Crippen LogP contribution is -2.13. The lowest BCUT2D eigenvalue weighted by Gasteiger charge is -2.05. The number of nitrogens with zero attached hydrogens (tertiary/aromatic N) is 3. The second-order valence-electron chi connectivity index (χ2n) is 3.50. The van der Waals surface area contributed by atoms with Gasteiger partial charge in [0.2, 0.25) is 11.0 Å². The van der Waals surface area contributed by atoms with Crippen LogP contribution in [0.5, 0.6) is 0 Å². The van der Waals surface area contributed by atoms with Crippen molar-refractivity contribution in [2.75, 3.05) is 10.0 Å². The van der Waals surface area contributed by atoms with Crippen LogP contribution in [0.15, 0.2) is 22.7 Å². The molecule has 0 unspecified atom stereocenters. The molecule has 2 aromatic rings. The van der Waals surface area contributed by atoms with Crippen molar-refractivity contribution in [1.29, 1.82) is 0 Å². The quantitative estimate of drug-likeness (QED) is 0.644. The average Bonchev–Trinajstić information content (AvgIpc) is 2.80. The molecule has 2 heterocycles. The normalized spacial score (nSPS) is 11.1. The number of anilines is 2. The highest BCUT2D eigenvalue weighted by Crippen LogP contribution is 2.25. The molecular formula is C9H8ClN5O3S2. The molecule has 20 heavy (non-hydrogen) atoms. The molecule has 2 aromatic heterocycles. The molecule has 0 spiro atoms. The van der Waals surface area contributed by atoms with Gasteiger partial charge in [0.25, 0.3) is 14.4 Å². The van der Waals surface area contributed by atoms with Gasteiger partial charge in [-0.15, -0.1) is 10.2 Å². The van der Waals surface area contributed by atoms with Crippen LogP contribution in [-0.4, -0.2) is 29.5 Å². The van der Waals surface area contributed by atoms with Gasteiger partial charge in [0.15, 0.2) is 5.15 Å². The van der Waals surface area contributed by atoms with Gasteiger partial charge >= 0.3 is 0 Å². The number of pyridine rings is 1. The number of hydrogen-bond donors (Lipinski definition) is 2. The summed E-state index contributed by atoms with van der Waals surface area (Å²) in [7, 11) is -3.93. The largest absolute Gasteiger partial charge is 0.301 e. The molecule has 0 saturated carbocycles. The fraction of sp³-hybridized carbons (Fsp3) is 0.111. The summed E-state index contributed by atoms with van der Waals surface area (Å²) in [5.41, 5.74) is 0.130. The molecule has 2 N–H and O–H groups in total. The molecule has 0 fully saturated rings. The summed E-state index contributed by atoms with van der Waals surface area (Å²) in [6.07, 6.45) is 1.43. The first-order valence-electron chi connectivity index (χ1n) is 5.13. The molecule has 0 atom stereocenters. The molecule has 0 aliphatic rings. The minimum absolute atomic E-state index is 0.0164. The summed E-state index contributed by atoms with van der Waals surface area (Å²) in [5.74, 6) is -0.367. The Kier molecular flexibility index (Phi) is 4.16. The lowest BCUT2D eigenvalue weighted by atomic mass is 10.4. The molecule has 0 radical (unpaired) electrons. The number of halogens is 1. The second-order valence-corrected chi connectivity index (χ2v) is 6.69. The zero-order valence-corrected chi connectivity index (χ0v) is 12.4. The van der Waals surface area contributed by atoms with Crippen LogP contribution in [0, 0.1) is 0 Å². The van der Waals surface area contributed by atoms with E-state index in [1.807, 2.05) is 0 Å². The highest BCUT2D eigenvalue weighted by Gasteiger charge is 2.21. The highest BCUT2D eigenvalue weighted by atomic mass is 35.5. The third kappa shape index (κ3) is 3.40. The summed E-state index contributed by atoms with van der Waals surface area (Å²) in [6.45, 7) is 1.28. The summed E-state index contributed by atoms with van der Waals surface area (Å²) in [4.78, 5) is 14.6. The molecule has 0 saturated heterocycles. The molecular weight excluding hydrogens is 326 g/mol. The maximum absolute atomic E-state index is 12.1. The Balaban J connectivity index is 2.25. The van der Waals surface area contributed by atoms with E-state index >= 15 is 0 Å². The predicted molar refractivity (Wildman–Crippen MR) is 74.3 cm³/mol. The first-order valence-corrected chi connectivity index (χ1v) is 7.80.